The van der Waals surface area contributed by atoms with E-state index in [0.717, 1.165) is 28.2 Å². The quantitative estimate of drug-likeness (QED) is 0.414. The van der Waals surface area contributed by atoms with E-state index in [1.165, 1.54) is 0 Å². The molecule has 0 amide bonds. The third-order valence-electron chi connectivity index (χ3n) is 4.89. The number of nitrogens with one attached hydrogen (secondary N) is 1. The Balaban J connectivity index is 0.00000341. The van der Waals surface area contributed by atoms with Gasteiger partial charge in [-0.2, -0.15) is 0 Å². The number of aliphatic hydroxyl groups excluding tert-OH is 1. The average Bonchev–Trinajstić information content (AvgIpc) is 2.80. The van der Waals surface area contributed by atoms with Crippen molar-refractivity contribution in [1.82, 2.24) is 5.32 Å². The Kier molecular flexibility index (Phi) is 10.1. The van der Waals surface area contributed by atoms with Gasteiger partial charge in [0.1, 0.15) is 24.2 Å². The Morgan fingerprint density at radius 1 is 0.968 bits per heavy atom. The molecule has 1 unspecified atom stereocenters. The molecular weight excluding hydrogens is 410 g/mol. The lowest BCUT2D eigenvalue weighted by Gasteiger charge is -2.22. The summed E-state index contributed by atoms with van der Waals surface area (Å²) >= 11 is 0. The van der Waals surface area contributed by atoms with E-state index in [-0.39, 0.29) is 25.1 Å². The molecule has 0 saturated heterocycles. The molecule has 31 heavy (non-hydrogen) atoms. The molecule has 0 aliphatic rings. The third kappa shape index (κ3) is 7.14. The SMILES string of the molecule is C=CCc1cc(OC)ccc1OCC(O)CNC(c1ccccc1)c1ccccc1.Cl. The second-order valence-electron chi connectivity index (χ2n) is 7.09. The van der Waals surface area contributed by atoms with Crippen LogP contribution in [0.3, 0.4) is 0 Å². The third-order valence-corrected chi connectivity index (χ3v) is 4.89. The standard InChI is InChI=1S/C26H29NO3.ClH/c1-3-10-22-17-24(29-2)15-16-25(22)30-19-23(28)18-27-26(20-11-6-4-7-12-20)21-13-8-5-9-14-21;/h3-9,11-17,23,26-28H,1,10,18-19H2,2H3;1H. The summed E-state index contributed by atoms with van der Waals surface area (Å²) in [5.74, 6) is 1.51. The highest BCUT2D eigenvalue weighted by Gasteiger charge is 2.16. The van der Waals surface area contributed by atoms with Crippen LogP contribution in [-0.4, -0.2) is 31.5 Å². The number of hydrogen-bond donors (Lipinski definition) is 2. The van der Waals surface area contributed by atoms with E-state index in [9.17, 15) is 5.11 Å². The van der Waals surface area contributed by atoms with E-state index < -0.39 is 6.10 Å². The number of rotatable bonds is 11. The van der Waals surface area contributed by atoms with Crippen molar-refractivity contribution >= 4 is 12.4 Å². The fourth-order valence-corrected chi connectivity index (χ4v) is 3.36. The molecule has 3 aromatic carbocycles. The van der Waals surface area contributed by atoms with Gasteiger partial charge in [-0.15, -0.1) is 19.0 Å². The summed E-state index contributed by atoms with van der Waals surface area (Å²) < 4.78 is 11.2. The summed E-state index contributed by atoms with van der Waals surface area (Å²) in [6.45, 7) is 4.40. The first-order valence-electron chi connectivity index (χ1n) is 10.1. The van der Waals surface area contributed by atoms with Crippen LogP contribution < -0.4 is 14.8 Å². The summed E-state index contributed by atoms with van der Waals surface area (Å²) in [5, 5.41) is 14.0. The molecule has 0 aromatic heterocycles. The Labute approximate surface area is 190 Å². The fourth-order valence-electron chi connectivity index (χ4n) is 3.36. The molecule has 0 spiro atoms. The van der Waals surface area contributed by atoms with Crippen LogP contribution in [0.4, 0.5) is 0 Å². The highest BCUT2D eigenvalue weighted by Crippen LogP contribution is 2.25. The van der Waals surface area contributed by atoms with Gasteiger partial charge in [0.2, 0.25) is 0 Å². The van der Waals surface area contributed by atoms with Gasteiger partial charge >= 0.3 is 0 Å². The lowest BCUT2D eigenvalue weighted by atomic mass is 9.98. The molecule has 3 rings (SSSR count). The number of allylic oxidation sites excluding steroid dienone is 1. The fraction of sp³-hybridized carbons (Fsp3) is 0.231. The van der Waals surface area contributed by atoms with Crippen LogP contribution >= 0.6 is 12.4 Å². The van der Waals surface area contributed by atoms with Gasteiger partial charge in [-0.25, -0.2) is 0 Å². The summed E-state index contributed by atoms with van der Waals surface area (Å²) in [5.41, 5.74) is 3.29. The Morgan fingerprint density at radius 2 is 1.58 bits per heavy atom. The van der Waals surface area contributed by atoms with Crippen molar-refractivity contribution in [3.8, 4) is 11.5 Å². The van der Waals surface area contributed by atoms with Crippen LogP contribution in [-0.2, 0) is 6.42 Å². The molecule has 5 heteroatoms. The summed E-state index contributed by atoms with van der Waals surface area (Å²) in [6.07, 6.45) is 1.84. The maximum atomic E-state index is 10.5. The molecule has 3 aromatic rings. The van der Waals surface area contributed by atoms with Crippen LogP contribution in [0.25, 0.3) is 0 Å². The van der Waals surface area contributed by atoms with Crippen LogP contribution in [0.1, 0.15) is 22.7 Å². The molecule has 2 N–H and O–H groups in total. The molecule has 0 heterocycles. The Bertz CT molecular complexity index is 879. The van der Waals surface area contributed by atoms with Crippen molar-refractivity contribution in [3.05, 3.63) is 108 Å². The zero-order valence-corrected chi connectivity index (χ0v) is 18.6. The first-order chi connectivity index (χ1) is 14.7. The molecule has 0 saturated carbocycles. The van der Waals surface area contributed by atoms with Crippen LogP contribution in [0.15, 0.2) is 91.5 Å². The van der Waals surface area contributed by atoms with E-state index in [0.29, 0.717) is 13.0 Å². The molecule has 0 fully saturated rings. The van der Waals surface area contributed by atoms with E-state index in [4.69, 9.17) is 9.47 Å². The van der Waals surface area contributed by atoms with Gasteiger partial charge in [0.25, 0.3) is 0 Å². The predicted octanol–water partition coefficient (Wildman–Crippen LogP) is 4.96. The first kappa shape index (κ1) is 24.5. The van der Waals surface area contributed by atoms with E-state index in [2.05, 4.69) is 36.2 Å². The smallest absolute Gasteiger partial charge is 0.123 e. The van der Waals surface area contributed by atoms with Crippen molar-refractivity contribution in [1.29, 1.82) is 0 Å². The minimum Gasteiger partial charge on any atom is -0.497 e. The molecule has 0 bridgehead atoms. The molecular formula is C26H30ClNO3. The van der Waals surface area contributed by atoms with Gasteiger partial charge < -0.3 is 19.9 Å². The number of hydrogen-bond acceptors (Lipinski definition) is 4. The van der Waals surface area contributed by atoms with Crippen molar-refractivity contribution in [2.75, 3.05) is 20.3 Å². The van der Waals surface area contributed by atoms with Crippen molar-refractivity contribution in [2.45, 2.75) is 18.6 Å². The van der Waals surface area contributed by atoms with Crippen molar-refractivity contribution < 1.29 is 14.6 Å². The maximum Gasteiger partial charge on any atom is 0.123 e. The van der Waals surface area contributed by atoms with Crippen molar-refractivity contribution in [3.63, 3.8) is 0 Å². The first-order valence-corrected chi connectivity index (χ1v) is 10.1. The minimum absolute atomic E-state index is 0. The predicted molar refractivity (Wildman–Crippen MR) is 128 cm³/mol. The number of halogens is 1. The van der Waals surface area contributed by atoms with E-state index >= 15 is 0 Å². The lowest BCUT2D eigenvalue weighted by Crippen LogP contribution is -2.34. The summed E-state index contributed by atoms with van der Waals surface area (Å²) in [7, 11) is 1.64. The lowest BCUT2D eigenvalue weighted by molar-refractivity contribution is 0.104. The second-order valence-corrected chi connectivity index (χ2v) is 7.09. The van der Waals surface area contributed by atoms with Crippen molar-refractivity contribution in [2.24, 2.45) is 0 Å². The van der Waals surface area contributed by atoms with Gasteiger partial charge in [0.05, 0.1) is 13.2 Å². The molecule has 164 valence electrons. The van der Waals surface area contributed by atoms with Crippen LogP contribution in [0.5, 0.6) is 11.5 Å². The number of methoxy groups -OCH3 is 1. The molecule has 1 atom stereocenters. The normalized spacial score (nSPS) is 11.5. The number of benzene rings is 3. The summed E-state index contributed by atoms with van der Waals surface area (Å²) in [6, 6.07) is 26.1. The van der Waals surface area contributed by atoms with Crippen LogP contribution in [0.2, 0.25) is 0 Å². The molecule has 0 radical (unpaired) electrons. The van der Waals surface area contributed by atoms with E-state index in [1.54, 1.807) is 7.11 Å². The highest BCUT2D eigenvalue weighted by atomic mass is 35.5. The maximum absolute atomic E-state index is 10.5. The molecule has 0 aliphatic carbocycles. The minimum atomic E-state index is -0.654. The highest BCUT2D eigenvalue weighted by molar-refractivity contribution is 5.85. The van der Waals surface area contributed by atoms with Gasteiger partial charge in [0, 0.05) is 12.1 Å². The average molecular weight is 440 g/mol. The van der Waals surface area contributed by atoms with Crippen LogP contribution in [0, 0.1) is 0 Å². The zero-order chi connectivity index (χ0) is 21.2. The van der Waals surface area contributed by atoms with E-state index in [1.807, 2.05) is 60.7 Å². The number of aliphatic hydroxyl groups is 1. The van der Waals surface area contributed by atoms with Gasteiger partial charge in [-0.1, -0.05) is 66.7 Å². The monoisotopic (exact) mass is 439 g/mol. The number of ether oxygens (including phenoxy) is 2. The Hall–Kier alpha value is -2.79. The largest absolute Gasteiger partial charge is 0.497 e. The molecule has 4 nitrogen and oxygen atoms in total. The molecule has 0 aliphatic heterocycles. The summed E-state index contributed by atoms with van der Waals surface area (Å²) in [4.78, 5) is 0. The van der Waals surface area contributed by atoms with Gasteiger partial charge in [-0.3, -0.25) is 0 Å². The van der Waals surface area contributed by atoms with Gasteiger partial charge in [-0.05, 0) is 35.7 Å². The van der Waals surface area contributed by atoms with Gasteiger partial charge in [0.15, 0.2) is 0 Å². The Morgan fingerprint density at radius 3 is 2.13 bits per heavy atom. The zero-order valence-electron chi connectivity index (χ0n) is 17.7. The topological polar surface area (TPSA) is 50.7 Å². The second kappa shape index (κ2) is 12.8.